The molecule has 23 heavy (non-hydrogen) atoms. The Labute approximate surface area is 134 Å². The van der Waals surface area contributed by atoms with E-state index in [1.165, 1.54) is 24.0 Å². The second-order valence-corrected chi connectivity index (χ2v) is 5.32. The molecule has 0 bridgehead atoms. The van der Waals surface area contributed by atoms with E-state index in [4.69, 9.17) is 10.2 Å². The molecule has 1 aliphatic carbocycles. The molecular weight excluding hydrogens is 296 g/mol. The number of benzene rings is 2. The van der Waals surface area contributed by atoms with Crippen molar-refractivity contribution in [2.45, 2.75) is 24.7 Å². The minimum Gasteiger partial charge on any atom is -0.449 e. The van der Waals surface area contributed by atoms with E-state index in [0.717, 1.165) is 11.8 Å². The van der Waals surface area contributed by atoms with Crippen molar-refractivity contribution in [3.05, 3.63) is 71.8 Å². The van der Waals surface area contributed by atoms with E-state index in [9.17, 15) is 9.59 Å². The third-order valence-corrected chi connectivity index (χ3v) is 3.85. The van der Waals surface area contributed by atoms with Gasteiger partial charge in [-0.2, -0.15) is 0 Å². The predicted molar refractivity (Wildman–Crippen MR) is 84.7 cm³/mol. The van der Waals surface area contributed by atoms with Crippen LogP contribution in [-0.2, 0) is 4.74 Å². The van der Waals surface area contributed by atoms with Gasteiger partial charge in [-0.1, -0.05) is 60.7 Å². The van der Waals surface area contributed by atoms with Crippen LogP contribution in [0.1, 0.15) is 35.8 Å². The number of carboxylic acid groups (broad SMARTS) is 2. The highest BCUT2D eigenvalue weighted by atomic mass is 16.7. The first-order chi connectivity index (χ1) is 11.1. The van der Waals surface area contributed by atoms with Crippen LogP contribution in [0.25, 0.3) is 0 Å². The summed E-state index contributed by atoms with van der Waals surface area (Å²) >= 11 is 0. The molecule has 120 valence electrons. The van der Waals surface area contributed by atoms with Gasteiger partial charge in [0.1, 0.15) is 0 Å². The SMILES string of the molecule is O=C(O)OC(=O)O.c1ccc(C2CC(c3ccccc3)C2)cc1. The van der Waals surface area contributed by atoms with Gasteiger partial charge in [0.25, 0.3) is 0 Å². The van der Waals surface area contributed by atoms with Gasteiger partial charge in [-0.3, -0.25) is 0 Å². The average molecular weight is 314 g/mol. The van der Waals surface area contributed by atoms with Crippen molar-refractivity contribution in [3.8, 4) is 0 Å². The molecule has 1 aliphatic rings. The van der Waals surface area contributed by atoms with Gasteiger partial charge in [-0.15, -0.1) is 0 Å². The Hall–Kier alpha value is -2.82. The van der Waals surface area contributed by atoms with Crippen LogP contribution in [-0.4, -0.2) is 22.5 Å². The summed E-state index contributed by atoms with van der Waals surface area (Å²) in [4.78, 5) is 18.4. The van der Waals surface area contributed by atoms with Crippen LogP contribution < -0.4 is 0 Å². The van der Waals surface area contributed by atoms with Gasteiger partial charge in [0.2, 0.25) is 0 Å². The van der Waals surface area contributed by atoms with Crippen molar-refractivity contribution in [1.29, 1.82) is 0 Å². The first-order valence-corrected chi connectivity index (χ1v) is 7.30. The molecule has 5 nitrogen and oxygen atoms in total. The van der Waals surface area contributed by atoms with Gasteiger partial charge in [0.15, 0.2) is 0 Å². The molecule has 3 rings (SSSR count). The molecule has 0 radical (unpaired) electrons. The summed E-state index contributed by atoms with van der Waals surface area (Å²) in [5.74, 6) is 1.57. The Bertz CT molecular complexity index is 577. The lowest BCUT2D eigenvalue weighted by molar-refractivity contribution is 0.0802. The lowest BCUT2D eigenvalue weighted by Crippen LogP contribution is -2.19. The molecule has 0 aromatic heterocycles. The number of carbonyl (C=O) groups is 2. The van der Waals surface area contributed by atoms with E-state index in [-0.39, 0.29) is 0 Å². The molecule has 0 saturated heterocycles. The normalized spacial score (nSPS) is 18.8. The molecule has 1 saturated carbocycles. The standard InChI is InChI=1S/C16H16.C2H2O5/c1-3-7-13(8-4-1)15-11-16(12-15)14-9-5-2-6-10-14;3-1(4)7-2(5)6/h1-10,15-16H,11-12H2;(H,3,4)(H,5,6). The first kappa shape index (κ1) is 16.5. The Morgan fingerprint density at radius 3 is 1.35 bits per heavy atom. The maximum absolute atomic E-state index is 9.21. The second-order valence-electron chi connectivity index (χ2n) is 5.32. The third-order valence-electron chi connectivity index (χ3n) is 3.85. The first-order valence-electron chi connectivity index (χ1n) is 7.30. The quantitative estimate of drug-likeness (QED) is 0.619. The van der Waals surface area contributed by atoms with Crippen molar-refractivity contribution in [3.63, 3.8) is 0 Å². The molecule has 2 N–H and O–H groups in total. The lowest BCUT2D eigenvalue weighted by Gasteiger charge is -2.36. The highest BCUT2D eigenvalue weighted by Crippen LogP contribution is 2.47. The van der Waals surface area contributed by atoms with Crippen molar-refractivity contribution in [1.82, 2.24) is 0 Å². The van der Waals surface area contributed by atoms with E-state index in [1.807, 2.05) is 0 Å². The minimum absolute atomic E-state index is 0.784. The smallest absolute Gasteiger partial charge is 0.449 e. The van der Waals surface area contributed by atoms with E-state index in [0.29, 0.717) is 0 Å². The zero-order chi connectivity index (χ0) is 16.7. The van der Waals surface area contributed by atoms with Gasteiger partial charge in [0, 0.05) is 0 Å². The topological polar surface area (TPSA) is 83.8 Å². The van der Waals surface area contributed by atoms with Gasteiger partial charge in [-0.25, -0.2) is 9.59 Å². The fourth-order valence-electron chi connectivity index (χ4n) is 2.69. The van der Waals surface area contributed by atoms with E-state index in [1.54, 1.807) is 0 Å². The minimum atomic E-state index is -1.81. The Kier molecular flexibility index (Phi) is 5.74. The van der Waals surface area contributed by atoms with Crippen molar-refractivity contribution in [2.24, 2.45) is 0 Å². The zero-order valence-electron chi connectivity index (χ0n) is 12.5. The summed E-state index contributed by atoms with van der Waals surface area (Å²) in [5, 5.41) is 15.0. The van der Waals surface area contributed by atoms with Gasteiger partial charge in [-0.05, 0) is 35.8 Å². The summed E-state index contributed by atoms with van der Waals surface area (Å²) < 4.78 is 3.08. The number of rotatable bonds is 2. The summed E-state index contributed by atoms with van der Waals surface area (Å²) in [6, 6.07) is 21.8. The van der Waals surface area contributed by atoms with Crippen LogP contribution in [0.4, 0.5) is 9.59 Å². The molecule has 0 amide bonds. The number of hydrogen-bond donors (Lipinski definition) is 2. The highest BCUT2D eigenvalue weighted by Gasteiger charge is 2.30. The Morgan fingerprint density at radius 2 is 1.09 bits per heavy atom. The maximum atomic E-state index is 9.21. The van der Waals surface area contributed by atoms with Gasteiger partial charge < -0.3 is 14.9 Å². The van der Waals surface area contributed by atoms with Crippen LogP contribution in [0.15, 0.2) is 60.7 Å². The van der Waals surface area contributed by atoms with E-state index >= 15 is 0 Å². The van der Waals surface area contributed by atoms with Crippen LogP contribution >= 0.6 is 0 Å². The molecule has 0 heterocycles. The monoisotopic (exact) mass is 314 g/mol. The van der Waals surface area contributed by atoms with Crippen LogP contribution in [0.5, 0.6) is 0 Å². The third kappa shape index (κ3) is 5.14. The average Bonchev–Trinajstić information content (AvgIpc) is 2.47. The van der Waals surface area contributed by atoms with Crippen LogP contribution in [0.2, 0.25) is 0 Å². The Morgan fingerprint density at radius 1 is 0.739 bits per heavy atom. The molecular formula is C18H18O5. The molecule has 5 heteroatoms. The van der Waals surface area contributed by atoms with Crippen molar-refractivity contribution < 1.29 is 24.5 Å². The van der Waals surface area contributed by atoms with Crippen LogP contribution in [0.3, 0.4) is 0 Å². The molecule has 0 aliphatic heterocycles. The molecule has 0 atom stereocenters. The zero-order valence-corrected chi connectivity index (χ0v) is 12.5. The summed E-state index contributed by atoms with van der Waals surface area (Å²) in [6.45, 7) is 0. The largest absolute Gasteiger partial charge is 0.516 e. The van der Waals surface area contributed by atoms with Crippen molar-refractivity contribution >= 4 is 12.3 Å². The summed E-state index contributed by atoms with van der Waals surface area (Å²) in [6.07, 6.45) is -0.998. The molecule has 2 aromatic carbocycles. The summed E-state index contributed by atoms with van der Waals surface area (Å²) in [7, 11) is 0. The van der Waals surface area contributed by atoms with Crippen LogP contribution in [0, 0.1) is 0 Å². The molecule has 2 aromatic rings. The van der Waals surface area contributed by atoms with Gasteiger partial charge >= 0.3 is 12.3 Å². The molecule has 0 unspecified atom stereocenters. The van der Waals surface area contributed by atoms with Gasteiger partial charge in [0.05, 0.1) is 0 Å². The second kappa shape index (κ2) is 7.98. The number of ether oxygens (including phenoxy) is 1. The highest BCUT2D eigenvalue weighted by molar-refractivity contribution is 5.74. The lowest BCUT2D eigenvalue weighted by atomic mass is 9.69. The Balaban J connectivity index is 0.000000236. The predicted octanol–water partition coefficient (Wildman–Crippen LogP) is 4.71. The van der Waals surface area contributed by atoms with Crippen molar-refractivity contribution in [2.75, 3.05) is 0 Å². The molecule has 0 spiro atoms. The molecule has 1 fully saturated rings. The maximum Gasteiger partial charge on any atom is 0.516 e. The van der Waals surface area contributed by atoms with E-state index < -0.39 is 12.3 Å². The fraction of sp³-hybridized carbons (Fsp3) is 0.222. The summed E-state index contributed by atoms with van der Waals surface area (Å²) in [5.41, 5.74) is 3.02. The number of hydrogen-bond acceptors (Lipinski definition) is 3. The van der Waals surface area contributed by atoms with E-state index in [2.05, 4.69) is 65.4 Å². The fourth-order valence-corrected chi connectivity index (χ4v) is 2.69.